The molecule has 70 heavy (non-hydrogen) atoms. The molecule has 17 atom stereocenters. The van der Waals surface area contributed by atoms with Crippen molar-refractivity contribution < 1.29 is 71.9 Å². The van der Waals surface area contributed by atoms with E-state index in [1.165, 1.54) is 26.2 Å². The molecule has 0 aliphatic carbocycles. The van der Waals surface area contributed by atoms with Gasteiger partial charge < -0.3 is 63.8 Å². The number of carbonyl (C=O) groups is 1. The van der Waals surface area contributed by atoms with Crippen LogP contribution in [-0.2, 0) is 58.8 Å². The number of ether oxygens (including phenoxy) is 6. The third-order valence-corrected chi connectivity index (χ3v) is 15.3. The molecule has 20 heteroatoms. The number of esters is 1. The minimum Gasteiger partial charge on any atom is -0.459 e. The molecule has 0 saturated carbocycles. The van der Waals surface area contributed by atoms with Crippen LogP contribution >= 0.6 is 0 Å². The van der Waals surface area contributed by atoms with E-state index in [1.54, 1.807) is 53.1 Å². The number of nitrogens with zero attached hydrogens (tertiary/aromatic N) is 5. The fourth-order valence-corrected chi connectivity index (χ4v) is 10.8. The summed E-state index contributed by atoms with van der Waals surface area (Å²) in [6.07, 6.45) is -9.63. The zero-order valence-corrected chi connectivity index (χ0v) is 43.2. The Labute approximate surface area is 411 Å². The van der Waals surface area contributed by atoms with Crippen LogP contribution in [0.5, 0.6) is 0 Å². The second-order valence-electron chi connectivity index (χ2n) is 21.2. The summed E-state index contributed by atoms with van der Waals surface area (Å²) in [4.78, 5) is 18.3. The van der Waals surface area contributed by atoms with E-state index in [-0.39, 0.29) is 31.8 Å². The van der Waals surface area contributed by atoms with Gasteiger partial charge in [0.2, 0.25) is 0 Å². The molecule has 0 amide bonds. The van der Waals surface area contributed by atoms with Crippen LogP contribution in [-0.4, -0.2) is 181 Å². The van der Waals surface area contributed by atoms with Gasteiger partial charge in [0.05, 0.1) is 53.3 Å². The van der Waals surface area contributed by atoms with E-state index >= 15 is 0 Å². The van der Waals surface area contributed by atoms with Gasteiger partial charge in [-0.15, -0.1) is 5.10 Å². The number of alkyl halides is 3. The molecule has 0 bridgehead atoms. The van der Waals surface area contributed by atoms with E-state index in [0.717, 1.165) is 23.4 Å². The van der Waals surface area contributed by atoms with Crippen molar-refractivity contribution >= 4 is 5.97 Å². The fraction of sp³-hybridized carbons (Fsp3) is 0.820. The molecule has 3 fully saturated rings. The number of aryl methyl sites for hydroxylation is 3. The lowest BCUT2D eigenvalue weighted by Crippen LogP contribution is -2.60. The summed E-state index contributed by atoms with van der Waals surface area (Å²) in [6.45, 7) is 17.1. The van der Waals surface area contributed by atoms with Gasteiger partial charge in [-0.1, -0.05) is 38.1 Å². The van der Waals surface area contributed by atoms with Crippen LogP contribution in [0.15, 0.2) is 30.5 Å². The van der Waals surface area contributed by atoms with E-state index in [1.807, 2.05) is 37.0 Å². The van der Waals surface area contributed by atoms with Gasteiger partial charge in [0.25, 0.3) is 0 Å². The van der Waals surface area contributed by atoms with E-state index in [9.17, 15) is 43.5 Å². The lowest BCUT2D eigenvalue weighted by Gasteiger charge is -2.48. The molecule has 3 aliphatic rings. The number of carbonyl (C=O) groups excluding carboxylic acids is 1. The quantitative estimate of drug-likeness (QED) is 0.167. The van der Waals surface area contributed by atoms with E-state index < -0.39 is 114 Å². The molecule has 2 aromatic rings. The fourth-order valence-electron chi connectivity index (χ4n) is 10.8. The van der Waals surface area contributed by atoms with Crippen molar-refractivity contribution in [1.29, 1.82) is 0 Å². The first-order valence-electron chi connectivity index (χ1n) is 24.9. The van der Waals surface area contributed by atoms with Crippen molar-refractivity contribution in [2.24, 2.45) is 17.8 Å². The van der Waals surface area contributed by atoms with Gasteiger partial charge in [0.15, 0.2) is 12.6 Å². The molecule has 4 heterocycles. The van der Waals surface area contributed by atoms with Crippen LogP contribution in [0, 0.1) is 17.8 Å². The van der Waals surface area contributed by atoms with Gasteiger partial charge in [-0.25, -0.2) is 0 Å². The smallest absolute Gasteiger partial charge is 0.416 e. The number of benzene rings is 1. The SMILES string of the molecule is CC[C@H]1OC(=O)[C@H](C)[C@@H](O[C@H]2C[C@@](C)(OC)[C@@H](O)[C@H](C)O2)[C@H](C)[C@@H](O[C@@H]2OCC[C@H](N(C)CCCc3cn(CCc4ccc(C(F)(F)F)cc4)nn3)[C@H]2O)[C@](C)(O)C[C@@H](C)CN(C)[C@H](C)[C@@H](O)[C@]1(C)O. The standard InChI is InChI=1S/C50H82F3N5O12/c1-13-38-49(9,64)42(60)32(5)57(11)27-29(2)25-47(7,63)44(30(3)41(31(4)45(62)68-38)69-39-26-48(8,65-12)43(61)33(6)67-39)70-46-40(59)37(21-24-66-46)56(10)22-14-15-36-28-58(55-54-36)23-20-34-16-18-35(19-17-34)50(51,52)53/h16-19,28-33,37-44,46,59-61,63-64H,13-15,20-27H2,1-12H3/t29-,30+,31-,32-,33+,37+,38-,39+,40-,41+,42-,43+,44-,46+,47-,48-,49-/m1/s1. The highest BCUT2D eigenvalue weighted by atomic mass is 19.4. The Morgan fingerprint density at radius 2 is 1.64 bits per heavy atom. The average Bonchev–Trinajstić information content (AvgIpc) is 3.76. The predicted molar refractivity (Wildman–Crippen MR) is 252 cm³/mol. The number of aliphatic hydroxyl groups is 5. The number of hydrogen-bond donors (Lipinski definition) is 5. The van der Waals surface area contributed by atoms with Crippen LogP contribution in [0.25, 0.3) is 0 Å². The minimum atomic E-state index is -4.39. The third-order valence-electron chi connectivity index (χ3n) is 15.3. The highest BCUT2D eigenvalue weighted by Crippen LogP contribution is 2.40. The monoisotopic (exact) mass is 1000 g/mol. The molecule has 5 N–H and O–H groups in total. The maximum atomic E-state index is 14.4. The molecule has 17 nitrogen and oxygen atoms in total. The van der Waals surface area contributed by atoms with Gasteiger partial charge in [-0.3, -0.25) is 9.48 Å². The molecule has 0 spiro atoms. The third kappa shape index (κ3) is 14.0. The molecule has 3 aliphatic heterocycles. The number of aliphatic hydroxyl groups excluding tert-OH is 3. The molecule has 400 valence electrons. The highest BCUT2D eigenvalue weighted by molar-refractivity contribution is 5.73. The molecule has 0 unspecified atom stereocenters. The molecule has 1 aromatic carbocycles. The molecule has 1 aromatic heterocycles. The number of aromatic nitrogens is 3. The topological polar surface area (TPSA) is 211 Å². The highest BCUT2D eigenvalue weighted by Gasteiger charge is 2.52. The van der Waals surface area contributed by atoms with Gasteiger partial charge in [-0.2, -0.15) is 13.2 Å². The summed E-state index contributed by atoms with van der Waals surface area (Å²) < 4.78 is 78.5. The van der Waals surface area contributed by atoms with E-state index in [0.29, 0.717) is 45.3 Å². The Morgan fingerprint density at radius 1 is 0.971 bits per heavy atom. The van der Waals surface area contributed by atoms with Crippen LogP contribution in [0.3, 0.4) is 0 Å². The second-order valence-corrected chi connectivity index (χ2v) is 21.2. The number of methoxy groups -OCH3 is 1. The van der Waals surface area contributed by atoms with Crippen LogP contribution in [0.4, 0.5) is 13.2 Å². The average molecular weight is 1000 g/mol. The second kappa shape index (κ2) is 24.0. The first-order valence-corrected chi connectivity index (χ1v) is 24.9. The zero-order valence-electron chi connectivity index (χ0n) is 43.2. The Kier molecular flexibility index (Phi) is 19.9. The Hall–Kier alpha value is -2.86. The summed E-state index contributed by atoms with van der Waals surface area (Å²) in [5, 5.41) is 67.8. The first-order chi connectivity index (χ1) is 32.6. The molecule has 0 radical (unpaired) electrons. The molecular formula is C50H82F3N5O12. The van der Waals surface area contributed by atoms with Crippen molar-refractivity contribution in [3.05, 3.63) is 47.3 Å². The van der Waals surface area contributed by atoms with Crippen LogP contribution < -0.4 is 0 Å². The van der Waals surface area contributed by atoms with Crippen molar-refractivity contribution in [1.82, 2.24) is 24.8 Å². The van der Waals surface area contributed by atoms with Crippen molar-refractivity contribution in [2.45, 2.75) is 204 Å². The molecule has 5 rings (SSSR count). The first kappa shape index (κ1) is 58.0. The van der Waals surface area contributed by atoms with Gasteiger partial charge in [0.1, 0.15) is 30.0 Å². The summed E-state index contributed by atoms with van der Waals surface area (Å²) in [5.41, 5.74) is -3.75. The minimum absolute atomic E-state index is 0.0877. The lowest BCUT2D eigenvalue weighted by atomic mass is 9.77. The number of rotatable bonds is 14. The van der Waals surface area contributed by atoms with Crippen LogP contribution in [0.1, 0.15) is 111 Å². The number of hydrogen-bond acceptors (Lipinski definition) is 16. The Bertz CT molecular complexity index is 1940. The van der Waals surface area contributed by atoms with Crippen LogP contribution in [0.2, 0.25) is 0 Å². The Morgan fingerprint density at radius 3 is 2.27 bits per heavy atom. The maximum Gasteiger partial charge on any atom is 0.416 e. The number of cyclic esters (lactones) is 1. The number of halogens is 3. The predicted octanol–water partition coefficient (Wildman–Crippen LogP) is 4.37. The van der Waals surface area contributed by atoms with Gasteiger partial charge in [-0.05, 0) is 124 Å². The normalized spacial score (nSPS) is 39.1. The van der Waals surface area contributed by atoms with Gasteiger partial charge >= 0.3 is 12.1 Å². The summed E-state index contributed by atoms with van der Waals surface area (Å²) >= 11 is 0. The zero-order chi connectivity index (χ0) is 52.1. The van der Waals surface area contributed by atoms with Crippen molar-refractivity contribution in [2.75, 3.05) is 40.9 Å². The summed E-state index contributed by atoms with van der Waals surface area (Å²) in [6, 6.07) is 4.09. The molecular weight excluding hydrogens is 920 g/mol. The lowest BCUT2D eigenvalue weighted by molar-refractivity contribution is -0.313. The van der Waals surface area contributed by atoms with Crippen molar-refractivity contribution in [3.63, 3.8) is 0 Å². The maximum absolute atomic E-state index is 14.4. The number of likely N-dealkylation sites (N-methyl/N-ethyl adjacent to an activating group) is 2. The summed E-state index contributed by atoms with van der Waals surface area (Å²) in [5.74, 6) is -2.83. The largest absolute Gasteiger partial charge is 0.459 e. The van der Waals surface area contributed by atoms with E-state index in [2.05, 4.69) is 10.3 Å². The van der Waals surface area contributed by atoms with E-state index in [4.69, 9.17) is 28.4 Å². The van der Waals surface area contributed by atoms with Gasteiger partial charge in [0, 0.05) is 50.8 Å². The summed E-state index contributed by atoms with van der Waals surface area (Å²) in [7, 11) is 5.22. The van der Waals surface area contributed by atoms with Crippen molar-refractivity contribution in [3.8, 4) is 0 Å². The molecule has 3 saturated heterocycles. The Balaban J connectivity index is 1.36.